The Bertz CT molecular complexity index is 1150. The normalized spacial score (nSPS) is 12.5. The molecule has 150 valence electrons. The highest BCUT2D eigenvalue weighted by Crippen LogP contribution is 2.34. The molecule has 0 bridgehead atoms. The molecule has 0 spiro atoms. The molecule has 3 aromatic heterocycles. The predicted molar refractivity (Wildman–Crippen MR) is 114 cm³/mol. The van der Waals surface area contributed by atoms with Crippen molar-refractivity contribution in [1.29, 1.82) is 0 Å². The Kier molecular flexibility index (Phi) is 6.08. The highest BCUT2D eigenvalue weighted by molar-refractivity contribution is 7.99. The minimum Gasteiger partial charge on any atom is -0.385 e. The predicted octanol–water partition coefficient (Wildman–Crippen LogP) is 4.40. The number of thiophene rings is 1. The Hall–Kier alpha value is -2.49. The molecular formula is C20H20N4O3S2. The first-order chi connectivity index (χ1) is 14.2. The molecule has 29 heavy (non-hydrogen) atoms. The van der Waals surface area contributed by atoms with Gasteiger partial charge in [0.15, 0.2) is 5.16 Å². The van der Waals surface area contributed by atoms with E-state index in [1.807, 2.05) is 42.6 Å². The van der Waals surface area contributed by atoms with Crippen molar-refractivity contribution in [2.45, 2.75) is 30.3 Å². The van der Waals surface area contributed by atoms with Gasteiger partial charge in [0, 0.05) is 20.3 Å². The lowest BCUT2D eigenvalue weighted by atomic mass is 10.2. The largest absolute Gasteiger partial charge is 0.385 e. The van der Waals surface area contributed by atoms with E-state index in [1.54, 1.807) is 29.1 Å². The fourth-order valence-electron chi connectivity index (χ4n) is 2.92. The Morgan fingerprint density at radius 1 is 1.24 bits per heavy atom. The Morgan fingerprint density at radius 3 is 2.90 bits per heavy atom. The van der Waals surface area contributed by atoms with Crippen molar-refractivity contribution >= 4 is 34.0 Å². The zero-order valence-corrected chi connectivity index (χ0v) is 17.7. The molecule has 3 heterocycles. The van der Waals surface area contributed by atoms with Crippen LogP contribution in [0.1, 0.15) is 24.5 Å². The molecule has 0 N–H and O–H groups in total. The van der Waals surface area contributed by atoms with Gasteiger partial charge in [-0.15, -0.1) is 11.3 Å². The summed E-state index contributed by atoms with van der Waals surface area (Å²) < 4.78 is 12.3. The van der Waals surface area contributed by atoms with Crippen molar-refractivity contribution in [3.05, 3.63) is 58.0 Å². The number of fused-ring (bicyclic) bond motifs is 1. The summed E-state index contributed by atoms with van der Waals surface area (Å²) in [4.78, 5) is 23.2. The maximum atomic E-state index is 13.0. The molecule has 0 radical (unpaired) electrons. The average molecular weight is 429 g/mol. The van der Waals surface area contributed by atoms with E-state index in [9.17, 15) is 4.79 Å². The lowest BCUT2D eigenvalue weighted by Gasteiger charge is -2.14. The van der Waals surface area contributed by atoms with Gasteiger partial charge in [-0.2, -0.15) is 4.98 Å². The van der Waals surface area contributed by atoms with Crippen molar-refractivity contribution in [1.82, 2.24) is 19.7 Å². The van der Waals surface area contributed by atoms with Crippen molar-refractivity contribution in [2.24, 2.45) is 0 Å². The van der Waals surface area contributed by atoms with E-state index >= 15 is 0 Å². The monoisotopic (exact) mass is 428 g/mol. The molecule has 7 nitrogen and oxygen atoms in total. The second kappa shape index (κ2) is 8.89. The molecule has 0 fully saturated rings. The lowest BCUT2D eigenvalue weighted by molar-refractivity contribution is 0.189. The van der Waals surface area contributed by atoms with E-state index in [2.05, 4.69) is 10.1 Å². The van der Waals surface area contributed by atoms with Crippen LogP contribution in [0.3, 0.4) is 0 Å². The van der Waals surface area contributed by atoms with Crippen LogP contribution in [0.5, 0.6) is 0 Å². The Morgan fingerprint density at radius 2 is 2.10 bits per heavy atom. The van der Waals surface area contributed by atoms with E-state index in [1.165, 1.54) is 11.8 Å². The molecule has 0 aliphatic heterocycles. The molecule has 1 unspecified atom stereocenters. The zero-order valence-electron chi connectivity index (χ0n) is 16.1. The zero-order chi connectivity index (χ0) is 20.2. The number of hydrogen-bond acceptors (Lipinski definition) is 8. The highest BCUT2D eigenvalue weighted by Gasteiger charge is 2.20. The number of benzene rings is 1. The number of rotatable bonds is 8. The van der Waals surface area contributed by atoms with E-state index in [0.717, 1.165) is 11.3 Å². The van der Waals surface area contributed by atoms with Gasteiger partial charge in [0.2, 0.25) is 11.7 Å². The fourth-order valence-corrected chi connectivity index (χ4v) is 4.53. The van der Waals surface area contributed by atoms with E-state index < -0.39 is 0 Å². The molecule has 0 saturated carbocycles. The molecule has 0 aliphatic carbocycles. The fraction of sp³-hybridized carbons (Fsp3) is 0.300. The van der Waals surface area contributed by atoms with Gasteiger partial charge in [0.25, 0.3) is 5.56 Å². The molecule has 0 saturated heterocycles. The third-order valence-electron chi connectivity index (χ3n) is 4.37. The number of nitrogens with zero attached hydrogens (tertiary/aromatic N) is 4. The summed E-state index contributed by atoms with van der Waals surface area (Å²) in [5, 5.41) is 7.14. The number of hydrogen-bond donors (Lipinski definition) is 0. The van der Waals surface area contributed by atoms with Gasteiger partial charge >= 0.3 is 0 Å². The van der Waals surface area contributed by atoms with E-state index in [-0.39, 0.29) is 10.8 Å². The summed E-state index contributed by atoms with van der Waals surface area (Å²) in [5.74, 6) is 1.08. The standard InChI is InChI=1S/C20H20N4O3S2/c1-13(18-22-17(23-27-18)16-9-5-12-28-16)29-20-21-15-8-4-3-7-14(15)19(25)24(20)10-6-11-26-2/h3-5,7-9,12-13H,6,10-11H2,1-2H3. The lowest BCUT2D eigenvalue weighted by Crippen LogP contribution is -2.24. The van der Waals surface area contributed by atoms with Gasteiger partial charge in [-0.05, 0) is 36.9 Å². The van der Waals surface area contributed by atoms with Crippen molar-refractivity contribution < 1.29 is 9.26 Å². The molecule has 1 aromatic carbocycles. The SMILES string of the molecule is COCCCn1c(SC(C)c2nc(-c3cccs3)no2)nc2ccccc2c1=O. The molecule has 4 rings (SSSR count). The van der Waals surface area contributed by atoms with Gasteiger partial charge in [-0.1, -0.05) is 35.1 Å². The number of para-hydroxylation sites is 1. The van der Waals surface area contributed by atoms with Crippen molar-refractivity contribution in [2.75, 3.05) is 13.7 Å². The summed E-state index contributed by atoms with van der Waals surface area (Å²) in [5.41, 5.74) is 0.631. The molecule has 1 atom stereocenters. The topological polar surface area (TPSA) is 83.0 Å². The van der Waals surface area contributed by atoms with Crippen LogP contribution in [0, 0.1) is 0 Å². The summed E-state index contributed by atoms with van der Waals surface area (Å²) in [6.07, 6.45) is 0.724. The number of aromatic nitrogens is 4. The van der Waals surface area contributed by atoms with Crippen molar-refractivity contribution in [3.63, 3.8) is 0 Å². The van der Waals surface area contributed by atoms with Crippen LogP contribution in [0.4, 0.5) is 0 Å². The van der Waals surface area contributed by atoms with Gasteiger partial charge in [-0.25, -0.2) is 4.98 Å². The number of methoxy groups -OCH3 is 1. The molecular weight excluding hydrogens is 408 g/mol. The molecule has 4 aromatic rings. The highest BCUT2D eigenvalue weighted by atomic mass is 32.2. The van der Waals surface area contributed by atoms with Crippen molar-refractivity contribution in [3.8, 4) is 10.7 Å². The summed E-state index contributed by atoms with van der Waals surface area (Å²) in [6, 6.07) is 11.3. The van der Waals surface area contributed by atoms with Crippen LogP contribution in [0.2, 0.25) is 0 Å². The summed E-state index contributed by atoms with van der Waals surface area (Å²) >= 11 is 3.00. The maximum Gasteiger partial charge on any atom is 0.262 e. The summed E-state index contributed by atoms with van der Waals surface area (Å²) in [7, 11) is 1.65. The quantitative estimate of drug-likeness (QED) is 0.234. The minimum atomic E-state index is -0.155. The first-order valence-electron chi connectivity index (χ1n) is 9.20. The molecule has 9 heteroatoms. The minimum absolute atomic E-state index is 0.0498. The third-order valence-corrected chi connectivity index (χ3v) is 6.31. The first kappa shape index (κ1) is 19.8. The van der Waals surface area contributed by atoms with Crippen LogP contribution < -0.4 is 5.56 Å². The Balaban J connectivity index is 1.65. The number of thioether (sulfide) groups is 1. The van der Waals surface area contributed by atoms with Crippen LogP contribution in [0.15, 0.2) is 56.3 Å². The van der Waals surface area contributed by atoms with E-state index in [4.69, 9.17) is 14.2 Å². The number of ether oxygens (including phenoxy) is 1. The Labute approximate surface area is 175 Å². The maximum absolute atomic E-state index is 13.0. The average Bonchev–Trinajstić information content (AvgIpc) is 3.42. The first-order valence-corrected chi connectivity index (χ1v) is 11.0. The van der Waals surface area contributed by atoms with Gasteiger partial charge < -0.3 is 9.26 Å². The third kappa shape index (κ3) is 4.26. The van der Waals surface area contributed by atoms with Gasteiger partial charge in [0.1, 0.15) is 0 Å². The smallest absolute Gasteiger partial charge is 0.262 e. The van der Waals surface area contributed by atoms with E-state index in [0.29, 0.717) is 40.9 Å². The molecule has 0 amide bonds. The second-order valence-electron chi connectivity index (χ2n) is 6.41. The second-order valence-corrected chi connectivity index (χ2v) is 8.66. The van der Waals surface area contributed by atoms with Gasteiger partial charge in [0.05, 0.1) is 21.0 Å². The van der Waals surface area contributed by atoms with Crippen LogP contribution >= 0.6 is 23.1 Å². The summed E-state index contributed by atoms with van der Waals surface area (Å²) in [6.45, 7) is 3.08. The van der Waals surface area contributed by atoms with Crippen LogP contribution in [0.25, 0.3) is 21.6 Å². The van der Waals surface area contributed by atoms with Crippen LogP contribution in [-0.4, -0.2) is 33.4 Å². The van der Waals surface area contributed by atoms with Gasteiger partial charge in [-0.3, -0.25) is 9.36 Å². The van der Waals surface area contributed by atoms with Crippen LogP contribution in [-0.2, 0) is 11.3 Å². The molecule has 0 aliphatic rings.